The molecule has 1 saturated heterocycles. The molecule has 1 aliphatic heterocycles. The number of likely N-dealkylation sites (N-methyl/N-ethyl adjacent to an activating group) is 1. The molecule has 1 N–H and O–H groups in total. The SMILES string of the molecule is CCN(CC(=O)O)C1CCN(Cc2ncc(-c3ccc(OC)cc3)o2)CC1. The van der Waals surface area contributed by atoms with Crippen LogP contribution in [0.2, 0.25) is 0 Å². The van der Waals surface area contributed by atoms with Crippen LogP contribution >= 0.6 is 0 Å². The van der Waals surface area contributed by atoms with Crippen LogP contribution in [0, 0.1) is 0 Å². The lowest BCUT2D eigenvalue weighted by atomic mass is 10.0. The third-order valence-electron chi connectivity index (χ3n) is 5.10. The molecule has 3 rings (SSSR count). The van der Waals surface area contributed by atoms with Gasteiger partial charge < -0.3 is 14.3 Å². The van der Waals surface area contributed by atoms with E-state index in [0.29, 0.717) is 18.5 Å². The van der Waals surface area contributed by atoms with Crippen LogP contribution in [0.5, 0.6) is 5.75 Å². The molecule has 1 aromatic heterocycles. The number of hydrogen-bond acceptors (Lipinski definition) is 6. The van der Waals surface area contributed by atoms with E-state index in [9.17, 15) is 4.79 Å². The van der Waals surface area contributed by atoms with Crippen molar-refractivity contribution < 1.29 is 19.1 Å². The minimum atomic E-state index is -0.759. The number of hydrogen-bond donors (Lipinski definition) is 1. The summed E-state index contributed by atoms with van der Waals surface area (Å²) in [6, 6.07) is 8.05. The first-order valence-electron chi connectivity index (χ1n) is 9.36. The zero-order valence-electron chi connectivity index (χ0n) is 15.9. The van der Waals surface area contributed by atoms with Crippen molar-refractivity contribution in [3.05, 3.63) is 36.4 Å². The number of aliphatic carboxylic acids is 1. The predicted octanol–water partition coefficient (Wildman–Crippen LogP) is 2.72. The maximum Gasteiger partial charge on any atom is 0.317 e. The highest BCUT2D eigenvalue weighted by Crippen LogP contribution is 2.24. The quantitative estimate of drug-likeness (QED) is 0.762. The molecule has 1 aromatic carbocycles. The largest absolute Gasteiger partial charge is 0.497 e. The van der Waals surface area contributed by atoms with Crippen LogP contribution in [0.1, 0.15) is 25.7 Å². The van der Waals surface area contributed by atoms with Crippen molar-refractivity contribution >= 4 is 5.97 Å². The van der Waals surface area contributed by atoms with E-state index >= 15 is 0 Å². The lowest BCUT2D eigenvalue weighted by Gasteiger charge is -2.36. The molecule has 27 heavy (non-hydrogen) atoms. The Morgan fingerprint density at radius 2 is 2.04 bits per heavy atom. The van der Waals surface area contributed by atoms with Crippen molar-refractivity contribution in [2.75, 3.05) is 33.3 Å². The van der Waals surface area contributed by atoms with Crippen LogP contribution in [-0.4, -0.2) is 65.2 Å². The molecule has 0 spiro atoms. The average Bonchev–Trinajstić information content (AvgIpc) is 3.15. The number of likely N-dealkylation sites (tertiary alicyclic amines) is 1. The first-order valence-corrected chi connectivity index (χ1v) is 9.36. The predicted molar refractivity (Wildman–Crippen MR) is 102 cm³/mol. The zero-order chi connectivity index (χ0) is 19.2. The number of ether oxygens (including phenoxy) is 1. The van der Waals surface area contributed by atoms with E-state index in [0.717, 1.165) is 49.5 Å². The van der Waals surface area contributed by atoms with E-state index in [2.05, 4.69) is 9.88 Å². The van der Waals surface area contributed by atoms with Gasteiger partial charge in [0.05, 0.1) is 26.4 Å². The Morgan fingerprint density at radius 3 is 2.63 bits per heavy atom. The summed E-state index contributed by atoms with van der Waals surface area (Å²) in [6.07, 6.45) is 3.69. The smallest absolute Gasteiger partial charge is 0.317 e. The Hall–Kier alpha value is -2.38. The summed E-state index contributed by atoms with van der Waals surface area (Å²) in [5.74, 6) is 1.51. The minimum Gasteiger partial charge on any atom is -0.497 e. The van der Waals surface area contributed by atoms with Crippen molar-refractivity contribution in [1.29, 1.82) is 0 Å². The molecule has 2 heterocycles. The minimum absolute atomic E-state index is 0.117. The molecule has 7 heteroatoms. The summed E-state index contributed by atoms with van der Waals surface area (Å²) in [4.78, 5) is 19.8. The van der Waals surface area contributed by atoms with Crippen molar-refractivity contribution in [2.24, 2.45) is 0 Å². The third kappa shape index (κ3) is 5.08. The maximum absolute atomic E-state index is 11.0. The first kappa shape index (κ1) is 19.4. The second-order valence-corrected chi connectivity index (χ2v) is 6.81. The van der Waals surface area contributed by atoms with Crippen molar-refractivity contribution in [2.45, 2.75) is 32.4 Å². The average molecular weight is 373 g/mol. The molecule has 0 bridgehead atoms. The molecule has 0 unspecified atom stereocenters. The lowest BCUT2D eigenvalue weighted by molar-refractivity contribution is -0.139. The number of benzene rings is 1. The number of carboxylic acid groups (broad SMARTS) is 1. The monoisotopic (exact) mass is 373 g/mol. The lowest BCUT2D eigenvalue weighted by Crippen LogP contribution is -2.46. The fourth-order valence-corrected chi connectivity index (χ4v) is 3.58. The van der Waals surface area contributed by atoms with Crippen LogP contribution in [0.25, 0.3) is 11.3 Å². The fourth-order valence-electron chi connectivity index (χ4n) is 3.58. The highest BCUT2D eigenvalue weighted by molar-refractivity contribution is 5.69. The van der Waals surface area contributed by atoms with E-state index < -0.39 is 5.97 Å². The summed E-state index contributed by atoms with van der Waals surface area (Å²) < 4.78 is 11.1. The molecule has 0 radical (unpaired) electrons. The van der Waals surface area contributed by atoms with E-state index in [-0.39, 0.29) is 6.54 Å². The standard InChI is InChI=1S/C20H27N3O4/c1-3-23(14-20(24)25)16-8-10-22(11-9-16)13-19-21-12-18(27-19)15-4-6-17(26-2)7-5-15/h4-7,12,16H,3,8-11,13-14H2,1-2H3,(H,24,25). The normalized spacial score (nSPS) is 16.0. The Morgan fingerprint density at radius 1 is 1.33 bits per heavy atom. The Kier molecular flexibility index (Phi) is 6.47. The topological polar surface area (TPSA) is 79.0 Å². The van der Waals surface area contributed by atoms with Gasteiger partial charge in [0.2, 0.25) is 5.89 Å². The van der Waals surface area contributed by atoms with Crippen LogP contribution in [0.4, 0.5) is 0 Å². The summed E-state index contributed by atoms with van der Waals surface area (Å²) in [5, 5.41) is 9.04. The Labute approximate surface area is 159 Å². The molecule has 7 nitrogen and oxygen atoms in total. The summed E-state index contributed by atoms with van der Waals surface area (Å²) in [7, 11) is 1.64. The van der Waals surface area contributed by atoms with Gasteiger partial charge in [-0.1, -0.05) is 6.92 Å². The van der Waals surface area contributed by atoms with Gasteiger partial charge in [-0.25, -0.2) is 4.98 Å². The van der Waals surface area contributed by atoms with Gasteiger partial charge in [0, 0.05) is 24.7 Å². The fraction of sp³-hybridized carbons (Fsp3) is 0.500. The van der Waals surface area contributed by atoms with Gasteiger partial charge >= 0.3 is 5.97 Å². The van der Waals surface area contributed by atoms with Gasteiger partial charge in [0.25, 0.3) is 0 Å². The Bertz CT molecular complexity index is 736. The van der Waals surface area contributed by atoms with Gasteiger partial charge in [0.15, 0.2) is 5.76 Å². The van der Waals surface area contributed by atoms with E-state index in [1.54, 1.807) is 13.3 Å². The summed E-state index contributed by atoms with van der Waals surface area (Å²) >= 11 is 0. The van der Waals surface area contributed by atoms with Gasteiger partial charge in [-0.15, -0.1) is 0 Å². The first-order chi connectivity index (χ1) is 13.1. The molecule has 2 aromatic rings. The van der Waals surface area contributed by atoms with Crippen molar-refractivity contribution in [1.82, 2.24) is 14.8 Å². The number of piperidine rings is 1. The van der Waals surface area contributed by atoms with Crippen molar-refractivity contribution in [3.63, 3.8) is 0 Å². The van der Waals surface area contributed by atoms with Crippen LogP contribution in [0.15, 0.2) is 34.9 Å². The molecule has 0 amide bonds. The highest BCUT2D eigenvalue weighted by Gasteiger charge is 2.25. The molecule has 0 aliphatic carbocycles. The molecular weight excluding hydrogens is 346 g/mol. The Balaban J connectivity index is 1.53. The molecule has 146 valence electrons. The van der Waals surface area contributed by atoms with Crippen LogP contribution in [-0.2, 0) is 11.3 Å². The number of oxazole rings is 1. The molecule has 0 saturated carbocycles. The molecule has 1 fully saturated rings. The molecule has 1 aliphatic rings. The number of nitrogens with zero attached hydrogens (tertiary/aromatic N) is 3. The number of carbonyl (C=O) groups is 1. The number of rotatable bonds is 8. The summed E-state index contributed by atoms with van der Waals surface area (Å²) in [6.45, 7) is 5.41. The van der Waals surface area contributed by atoms with Crippen LogP contribution in [0.3, 0.4) is 0 Å². The maximum atomic E-state index is 11.0. The number of aromatic nitrogens is 1. The second-order valence-electron chi connectivity index (χ2n) is 6.81. The third-order valence-corrected chi connectivity index (χ3v) is 5.10. The molecule has 0 atom stereocenters. The molecular formula is C20H27N3O4. The van der Waals surface area contributed by atoms with E-state index in [1.165, 1.54) is 0 Å². The van der Waals surface area contributed by atoms with Crippen molar-refractivity contribution in [3.8, 4) is 17.1 Å². The van der Waals surface area contributed by atoms with Gasteiger partial charge in [-0.2, -0.15) is 0 Å². The van der Waals surface area contributed by atoms with Gasteiger partial charge in [-0.05, 0) is 43.7 Å². The van der Waals surface area contributed by atoms with E-state index in [1.807, 2.05) is 36.1 Å². The number of carboxylic acids is 1. The van der Waals surface area contributed by atoms with E-state index in [4.69, 9.17) is 14.3 Å². The van der Waals surface area contributed by atoms with Gasteiger partial charge in [0.1, 0.15) is 5.75 Å². The van der Waals surface area contributed by atoms with Crippen LogP contribution < -0.4 is 4.74 Å². The summed E-state index contributed by atoms with van der Waals surface area (Å²) in [5.41, 5.74) is 0.973. The second kappa shape index (κ2) is 9.01. The highest BCUT2D eigenvalue weighted by atomic mass is 16.5. The zero-order valence-corrected chi connectivity index (χ0v) is 15.9. The van der Waals surface area contributed by atoms with Gasteiger partial charge in [-0.3, -0.25) is 14.6 Å². The number of methoxy groups -OCH3 is 1.